The molecule has 2 aliphatic rings. The van der Waals surface area contributed by atoms with Gasteiger partial charge in [0.05, 0.1) is 25.3 Å². The van der Waals surface area contributed by atoms with Gasteiger partial charge in [0.25, 0.3) is 5.56 Å². The largest absolute Gasteiger partial charge is 0.494 e. The molecule has 2 aromatic heterocycles. The van der Waals surface area contributed by atoms with E-state index in [0.29, 0.717) is 24.5 Å². The average molecular weight is 606 g/mol. The number of H-pyrrole nitrogens is 1. The van der Waals surface area contributed by atoms with Crippen LogP contribution in [0.4, 0.5) is 0 Å². The molecule has 1 N–H and O–H groups in total. The number of nitrogens with one attached hydrogen (secondary N) is 1. The number of rotatable bonds is 10. The number of ether oxygens (including phenoxy) is 2. The maximum absolute atomic E-state index is 13.8. The zero-order chi connectivity index (χ0) is 30.6. The lowest BCUT2D eigenvalue weighted by atomic mass is 9.96. The number of aromatic amines is 1. The molecule has 10 heteroatoms. The van der Waals surface area contributed by atoms with Crippen LogP contribution in [0.2, 0.25) is 0 Å². The highest BCUT2D eigenvalue weighted by Crippen LogP contribution is 2.33. The number of hydrogen-bond donors (Lipinski definition) is 1. The van der Waals surface area contributed by atoms with E-state index in [1.807, 2.05) is 35.9 Å². The Hall–Kier alpha value is -4.38. The fraction of sp³-hybridized carbons (Fsp3) is 0.371. The van der Waals surface area contributed by atoms with Gasteiger partial charge >= 0.3 is 0 Å². The molecule has 4 heterocycles. The van der Waals surface area contributed by atoms with E-state index >= 15 is 0 Å². The molecule has 2 saturated heterocycles. The van der Waals surface area contributed by atoms with Crippen LogP contribution in [0.1, 0.15) is 54.4 Å². The zero-order valence-electron chi connectivity index (χ0n) is 25.6. The highest BCUT2D eigenvalue weighted by Gasteiger charge is 2.35. The van der Waals surface area contributed by atoms with Crippen molar-refractivity contribution in [2.24, 2.45) is 0 Å². The molecular formula is C35H39N7O3. The van der Waals surface area contributed by atoms with Crippen LogP contribution in [0.25, 0.3) is 10.9 Å². The van der Waals surface area contributed by atoms with Crippen LogP contribution in [-0.2, 0) is 11.3 Å². The Bertz CT molecular complexity index is 1720. The SMILES string of the molecule is CCOc1ccc2[nH]c(=O)c([C@H](c3nnnn3C[C@@H]3CCCO3)N3CCN(C(c4ccccc4)c4ccccc4)CC3)cc2c1. The third-order valence-electron chi connectivity index (χ3n) is 8.96. The summed E-state index contributed by atoms with van der Waals surface area (Å²) in [5.74, 6) is 1.43. The molecular weight excluding hydrogens is 566 g/mol. The number of benzene rings is 3. The van der Waals surface area contributed by atoms with Gasteiger partial charge in [0.2, 0.25) is 0 Å². The van der Waals surface area contributed by atoms with Gasteiger partial charge in [-0.25, -0.2) is 4.68 Å². The van der Waals surface area contributed by atoms with Gasteiger partial charge in [0.15, 0.2) is 5.82 Å². The highest BCUT2D eigenvalue weighted by atomic mass is 16.5. The molecule has 3 aromatic carbocycles. The topological polar surface area (TPSA) is 101 Å². The molecule has 5 aromatic rings. The quantitative estimate of drug-likeness (QED) is 0.247. The molecule has 2 atom stereocenters. The second-order valence-electron chi connectivity index (χ2n) is 11.8. The van der Waals surface area contributed by atoms with Crippen LogP contribution in [0.3, 0.4) is 0 Å². The molecule has 45 heavy (non-hydrogen) atoms. The van der Waals surface area contributed by atoms with Gasteiger partial charge in [-0.3, -0.25) is 14.6 Å². The van der Waals surface area contributed by atoms with Crippen molar-refractivity contribution in [1.82, 2.24) is 35.0 Å². The second-order valence-corrected chi connectivity index (χ2v) is 11.8. The van der Waals surface area contributed by atoms with Gasteiger partial charge in [-0.05, 0) is 65.6 Å². The zero-order valence-corrected chi connectivity index (χ0v) is 25.6. The first-order valence-corrected chi connectivity index (χ1v) is 15.9. The van der Waals surface area contributed by atoms with Gasteiger partial charge in [0, 0.05) is 49.3 Å². The smallest absolute Gasteiger partial charge is 0.253 e. The van der Waals surface area contributed by atoms with E-state index in [1.54, 1.807) is 0 Å². The fourth-order valence-electron chi connectivity index (χ4n) is 6.82. The summed E-state index contributed by atoms with van der Waals surface area (Å²) in [4.78, 5) is 21.8. The predicted molar refractivity (Wildman–Crippen MR) is 172 cm³/mol. The lowest BCUT2D eigenvalue weighted by molar-refractivity contribution is 0.0778. The van der Waals surface area contributed by atoms with E-state index in [9.17, 15) is 4.79 Å². The van der Waals surface area contributed by atoms with Gasteiger partial charge in [0.1, 0.15) is 11.8 Å². The van der Waals surface area contributed by atoms with E-state index in [1.165, 1.54) is 11.1 Å². The minimum atomic E-state index is -0.431. The Morgan fingerprint density at radius 2 is 1.60 bits per heavy atom. The Labute approximate surface area is 262 Å². The minimum absolute atomic E-state index is 0.0610. The Kier molecular flexibility index (Phi) is 8.68. The van der Waals surface area contributed by atoms with Crippen LogP contribution in [-0.4, -0.2) is 80.5 Å². The molecule has 0 spiro atoms. The van der Waals surface area contributed by atoms with E-state index in [4.69, 9.17) is 9.47 Å². The Morgan fingerprint density at radius 1 is 0.911 bits per heavy atom. The lowest BCUT2D eigenvalue weighted by Gasteiger charge is -2.42. The van der Waals surface area contributed by atoms with Crippen molar-refractivity contribution in [3.8, 4) is 5.75 Å². The van der Waals surface area contributed by atoms with Crippen molar-refractivity contribution in [3.05, 3.63) is 118 Å². The molecule has 2 aliphatic heterocycles. The summed E-state index contributed by atoms with van der Waals surface area (Å²) < 4.78 is 13.5. The molecule has 10 nitrogen and oxygen atoms in total. The summed E-state index contributed by atoms with van der Waals surface area (Å²) in [6.45, 7) is 6.96. The number of fused-ring (bicyclic) bond motifs is 1. The molecule has 0 amide bonds. The van der Waals surface area contributed by atoms with Crippen LogP contribution < -0.4 is 10.3 Å². The van der Waals surface area contributed by atoms with Gasteiger partial charge in [-0.1, -0.05) is 60.7 Å². The van der Waals surface area contributed by atoms with E-state index in [0.717, 1.165) is 62.3 Å². The number of hydrogen-bond acceptors (Lipinski definition) is 8. The summed E-state index contributed by atoms with van der Waals surface area (Å²) in [6.07, 6.45) is 2.06. The molecule has 0 radical (unpaired) electrons. The van der Waals surface area contributed by atoms with Gasteiger partial charge < -0.3 is 14.5 Å². The summed E-state index contributed by atoms with van der Waals surface area (Å²) >= 11 is 0. The van der Waals surface area contributed by atoms with Crippen molar-refractivity contribution in [2.45, 2.75) is 44.5 Å². The third kappa shape index (κ3) is 6.26. The summed E-state index contributed by atoms with van der Waals surface area (Å²) in [7, 11) is 0. The Morgan fingerprint density at radius 3 is 2.24 bits per heavy atom. The monoisotopic (exact) mass is 605 g/mol. The van der Waals surface area contributed by atoms with Crippen molar-refractivity contribution in [1.29, 1.82) is 0 Å². The maximum atomic E-state index is 13.8. The number of nitrogens with zero attached hydrogens (tertiary/aromatic N) is 6. The van der Waals surface area contributed by atoms with Crippen LogP contribution >= 0.6 is 0 Å². The van der Waals surface area contributed by atoms with Crippen molar-refractivity contribution in [3.63, 3.8) is 0 Å². The molecule has 232 valence electrons. The van der Waals surface area contributed by atoms with Crippen molar-refractivity contribution < 1.29 is 9.47 Å². The highest BCUT2D eigenvalue weighted by molar-refractivity contribution is 5.80. The number of pyridine rings is 1. The van der Waals surface area contributed by atoms with Gasteiger partial charge in [-0.2, -0.15) is 0 Å². The van der Waals surface area contributed by atoms with E-state index < -0.39 is 6.04 Å². The molecule has 0 saturated carbocycles. The first kappa shape index (κ1) is 29.3. The number of aromatic nitrogens is 5. The van der Waals surface area contributed by atoms with Crippen molar-refractivity contribution in [2.75, 3.05) is 39.4 Å². The second kappa shape index (κ2) is 13.3. The summed E-state index contributed by atoms with van der Waals surface area (Å²) in [6, 6.07) is 28.8. The van der Waals surface area contributed by atoms with E-state index in [2.05, 4.69) is 91.0 Å². The molecule has 0 aliphatic carbocycles. The van der Waals surface area contributed by atoms with Crippen LogP contribution in [0.5, 0.6) is 5.75 Å². The molecule has 0 bridgehead atoms. The fourth-order valence-corrected chi connectivity index (χ4v) is 6.82. The molecule has 2 fully saturated rings. The summed E-state index contributed by atoms with van der Waals surface area (Å²) in [5, 5.41) is 13.9. The first-order chi connectivity index (χ1) is 22.2. The standard InChI is InChI=1S/C35H39N7O3/c1-2-44-28-15-16-31-27(22-28)23-30(35(43)36-31)33(34-37-38-39-42(34)24-29-14-9-21-45-29)41-19-17-40(18-20-41)32(25-10-5-3-6-11-25)26-12-7-4-8-13-26/h3-8,10-13,15-16,22-23,29,32-33H,2,9,14,17-21,24H2,1H3,(H,36,43)/t29-,33+/m0/s1. The van der Waals surface area contributed by atoms with Crippen molar-refractivity contribution >= 4 is 10.9 Å². The molecule has 0 unspecified atom stereocenters. The summed E-state index contributed by atoms with van der Waals surface area (Å²) in [5.41, 5.74) is 3.78. The minimum Gasteiger partial charge on any atom is -0.494 e. The number of piperazine rings is 1. The van der Waals surface area contributed by atoms with E-state index in [-0.39, 0.29) is 17.7 Å². The first-order valence-electron chi connectivity index (χ1n) is 15.9. The van der Waals surface area contributed by atoms with Crippen LogP contribution in [0, 0.1) is 0 Å². The number of tetrazole rings is 1. The lowest BCUT2D eigenvalue weighted by Crippen LogP contribution is -2.50. The predicted octanol–water partition coefficient (Wildman–Crippen LogP) is 4.59. The van der Waals surface area contributed by atoms with Crippen LogP contribution in [0.15, 0.2) is 89.7 Å². The van der Waals surface area contributed by atoms with Gasteiger partial charge in [-0.15, -0.1) is 5.10 Å². The maximum Gasteiger partial charge on any atom is 0.253 e. The Balaban J connectivity index is 1.24. The third-order valence-corrected chi connectivity index (χ3v) is 8.96. The normalized spacial score (nSPS) is 18.5. The molecule has 7 rings (SSSR count). The average Bonchev–Trinajstić information content (AvgIpc) is 3.76.